The quantitative estimate of drug-likeness (QED) is 0.222. The molecule has 0 bridgehead atoms. The zero-order valence-corrected chi connectivity index (χ0v) is 9.59. The van der Waals surface area contributed by atoms with Crippen LogP contribution in [0.5, 0.6) is 0 Å². The predicted octanol–water partition coefficient (Wildman–Crippen LogP) is 2.45. The molecule has 0 aliphatic heterocycles. The van der Waals surface area contributed by atoms with Crippen LogP contribution >= 0.6 is 12.2 Å². The molecular weight excluding hydrogens is 244 g/mol. The maximum atomic E-state index is 10.4. The molecule has 0 spiro atoms. The van der Waals surface area contributed by atoms with Crippen LogP contribution in [0.15, 0.2) is 29.4 Å². The summed E-state index contributed by atoms with van der Waals surface area (Å²) in [5.41, 5.74) is 11.6. The van der Waals surface area contributed by atoms with E-state index in [0.717, 1.165) is 0 Å². The molecule has 1 rings (SSSR count). The monoisotopic (exact) mass is 252 g/mol. The number of hydrazine groups is 1. The first kappa shape index (κ1) is 12.7. The molecule has 0 aliphatic carbocycles. The summed E-state index contributed by atoms with van der Waals surface area (Å²) in [6.07, 6.45) is 0. The Balaban J connectivity index is 2.72. The Labute approximate surface area is 102 Å². The fraction of sp³-hybridized carbons (Fsp3) is 0.125. The lowest BCUT2D eigenvalue weighted by molar-refractivity contribution is -0.384. The van der Waals surface area contributed by atoms with Crippen molar-refractivity contribution in [1.29, 1.82) is 0 Å². The predicted molar refractivity (Wildman–Crippen MR) is 66.2 cm³/mol. The number of rotatable bonds is 3. The van der Waals surface area contributed by atoms with E-state index in [1.54, 1.807) is 7.05 Å². The van der Waals surface area contributed by atoms with E-state index in [4.69, 9.17) is 17.7 Å². The van der Waals surface area contributed by atoms with Crippen molar-refractivity contribution in [3.8, 4) is 0 Å². The molecule has 0 radical (unpaired) electrons. The van der Waals surface area contributed by atoms with Gasteiger partial charge in [-0.05, 0) is 22.8 Å². The van der Waals surface area contributed by atoms with Crippen molar-refractivity contribution in [3.63, 3.8) is 0 Å². The molecule has 0 aromatic heterocycles. The molecule has 8 nitrogen and oxygen atoms in total. The average Bonchev–Trinajstić information content (AvgIpc) is 2.30. The summed E-state index contributed by atoms with van der Waals surface area (Å²) in [5.74, 6) is 0. The summed E-state index contributed by atoms with van der Waals surface area (Å²) in [6, 6.07) is 5.75. The lowest BCUT2D eigenvalue weighted by Gasteiger charge is -2.18. The summed E-state index contributed by atoms with van der Waals surface area (Å²) >= 11 is 4.78. The summed E-state index contributed by atoms with van der Waals surface area (Å²) < 4.78 is 0. The molecule has 0 fully saturated rings. The number of anilines is 1. The van der Waals surface area contributed by atoms with Gasteiger partial charge in [0.1, 0.15) is 0 Å². The van der Waals surface area contributed by atoms with Gasteiger partial charge in [0.05, 0.1) is 10.6 Å². The number of azide groups is 1. The van der Waals surface area contributed by atoms with Crippen LogP contribution in [0, 0.1) is 10.1 Å². The molecule has 0 saturated carbocycles. The second kappa shape index (κ2) is 5.64. The normalized spacial score (nSPS) is 9.00. The molecule has 0 saturated heterocycles. The van der Waals surface area contributed by atoms with Crippen LogP contribution < -0.4 is 5.43 Å². The number of nitro groups is 1. The second-order valence-corrected chi connectivity index (χ2v) is 3.31. The number of hydrogen-bond donors (Lipinski definition) is 1. The van der Waals surface area contributed by atoms with Crippen molar-refractivity contribution in [1.82, 2.24) is 5.01 Å². The smallest absolute Gasteiger partial charge is 0.269 e. The van der Waals surface area contributed by atoms with Gasteiger partial charge < -0.3 is 0 Å². The Morgan fingerprint density at radius 2 is 2.18 bits per heavy atom. The van der Waals surface area contributed by atoms with E-state index in [-0.39, 0.29) is 10.8 Å². The van der Waals surface area contributed by atoms with Crippen molar-refractivity contribution < 1.29 is 4.92 Å². The van der Waals surface area contributed by atoms with Gasteiger partial charge >= 0.3 is 0 Å². The first-order valence-electron chi connectivity index (χ1n) is 4.38. The molecule has 9 heteroatoms. The van der Waals surface area contributed by atoms with E-state index < -0.39 is 4.92 Å². The third kappa shape index (κ3) is 3.59. The average molecular weight is 252 g/mol. The van der Waals surface area contributed by atoms with Crippen molar-refractivity contribution in [2.75, 3.05) is 12.5 Å². The summed E-state index contributed by atoms with van der Waals surface area (Å²) in [4.78, 5) is 12.5. The van der Waals surface area contributed by atoms with E-state index in [9.17, 15) is 10.1 Å². The maximum absolute atomic E-state index is 10.4. The van der Waals surface area contributed by atoms with Gasteiger partial charge in [-0.1, -0.05) is 12.2 Å². The number of nitro benzene ring substituents is 1. The molecule has 0 unspecified atom stereocenters. The van der Waals surface area contributed by atoms with Gasteiger partial charge in [0.2, 0.25) is 0 Å². The molecule has 88 valence electrons. The Kier molecular flexibility index (Phi) is 4.21. The molecular formula is C8H8N6O2S. The number of nitrogens with zero attached hydrogens (tertiary/aromatic N) is 5. The van der Waals surface area contributed by atoms with E-state index in [0.29, 0.717) is 5.69 Å². The van der Waals surface area contributed by atoms with Gasteiger partial charge in [-0.3, -0.25) is 20.5 Å². The largest absolute Gasteiger partial charge is 0.298 e. The number of hydrogen-bond acceptors (Lipinski definition) is 4. The van der Waals surface area contributed by atoms with E-state index >= 15 is 0 Å². The minimum Gasteiger partial charge on any atom is -0.298 e. The van der Waals surface area contributed by atoms with Crippen LogP contribution in [0.2, 0.25) is 0 Å². The third-order valence-corrected chi connectivity index (χ3v) is 2.15. The Morgan fingerprint density at radius 1 is 1.59 bits per heavy atom. The molecule has 0 aliphatic rings. The summed E-state index contributed by atoms with van der Waals surface area (Å²) in [7, 11) is 1.57. The molecule has 1 N–H and O–H groups in total. The number of benzene rings is 1. The Morgan fingerprint density at radius 3 is 2.65 bits per heavy atom. The van der Waals surface area contributed by atoms with Gasteiger partial charge in [-0.25, -0.2) is 0 Å². The van der Waals surface area contributed by atoms with E-state index in [1.807, 2.05) is 0 Å². The lowest BCUT2D eigenvalue weighted by atomic mass is 10.3. The topological polar surface area (TPSA) is 107 Å². The SMILES string of the molecule is CN(Nc1ccc([N+](=O)[O-])cc1)C(=S)N=[N+]=[N-]. The molecule has 0 atom stereocenters. The molecule has 0 heterocycles. The van der Waals surface area contributed by atoms with Crippen LogP contribution in [0.3, 0.4) is 0 Å². The number of non-ortho nitro benzene ring substituents is 1. The highest BCUT2D eigenvalue weighted by Gasteiger charge is 2.05. The number of nitrogens with one attached hydrogen (secondary N) is 1. The van der Waals surface area contributed by atoms with Crippen LogP contribution in [0.1, 0.15) is 0 Å². The minimum absolute atomic E-state index is 0.00387. The fourth-order valence-electron chi connectivity index (χ4n) is 1.00. The summed E-state index contributed by atoms with van der Waals surface area (Å²) in [5, 5.41) is 15.0. The van der Waals surface area contributed by atoms with Crippen LogP contribution in [0.4, 0.5) is 11.4 Å². The third-order valence-electron chi connectivity index (χ3n) is 1.79. The maximum Gasteiger partial charge on any atom is 0.269 e. The van der Waals surface area contributed by atoms with Crippen molar-refractivity contribution in [2.24, 2.45) is 5.11 Å². The molecule has 0 amide bonds. The van der Waals surface area contributed by atoms with Crippen molar-refractivity contribution >= 4 is 28.7 Å². The van der Waals surface area contributed by atoms with Crippen molar-refractivity contribution in [2.45, 2.75) is 0 Å². The first-order chi connectivity index (χ1) is 8.04. The molecule has 1 aromatic carbocycles. The van der Waals surface area contributed by atoms with Crippen LogP contribution in [-0.2, 0) is 0 Å². The van der Waals surface area contributed by atoms with Crippen molar-refractivity contribution in [3.05, 3.63) is 44.8 Å². The van der Waals surface area contributed by atoms with E-state index in [1.165, 1.54) is 29.3 Å². The van der Waals surface area contributed by atoms with Gasteiger partial charge in [-0.2, -0.15) is 0 Å². The first-order valence-corrected chi connectivity index (χ1v) is 4.79. The highest BCUT2D eigenvalue weighted by molar-refractivity contribution is 7.80. The van der Waals surface area contributed by atoms with Gasteiger partial charge in [0.25, 0.3) is 5.69 Å². The summed E-state index contributed by atoms with van der Waals surface area (Å²) in [6.45, 7) is 0. The molecule has 1 aromatic rings. The highest BCUT2D eigenvalue weighted by Crippen LogP contribution is 2.15. The zero-order chi connectivity index (χ0) is 12.8. The van der Waals surface area contributed by atoms with Crippen LogP contribution in [-0.4, -0.2) is 22.1 Å². The van der Waals surface area contributed by atoms with Gasteiger partial charge in [0.15, 0.2) is 5.11 Å². The molecule has 17 heavy (non-hydrogen) atoms. The van der Waals surface area contributed by atoms with Crippen LogP contribution in [0.25, 0.3) is 10.4 Å². The fourth-order valence-corrected chi connectivity index (χ4v) is 1.09. The Bertz CT molecular complexity index is 481. The zero-order valence-electron chi connectivity index (χ0n) is 8.77. The minimum atomic E-state index is -0.488. The van der Waals surface area contributed by atoms with Gasteiger partial charge in [0, 0.05) is 24.1 Å². The van der Waals surface area contributed by atoms with E-state index in [2.05, 4.69) is 15.5 Å². The highest BCUT2D eigenvalue weighted by atomic mass is 32.1. The standard InChI is InChI=1S/C8H8N6O2S/c1-13(8(17)10-12-9)11-6-2-4-7(5-3-6)14(15)16/h2-5,11H,1H3. The van der Waals surface area contributed by atoms with Gasteiger partial charge in [-0.15, -0.1) is 0 Å². The Hall–Kier alpha value is -2.38. The number of thiocarbonyl (C=S) groups is 1. The lowest BCUT2D eigenvalue weighted by Crippen LogP contribution is -2.29. The second-order valence-electron chi connectivity index (χ2n) is 2.95.